The average molecular weight is 326 g/mol. The molecule has 2 saturated heterocycles. The van der Waals surface area contributed by atoms with Crippen molar-refractivity contribution in [1.82, 2.24) is 20.8 Å². The average Bonchev–Trinajstić information content (AvgIpc) is 2.77. The first-order valence-electron chi connectivity index (χ1n) is 8.28. The molecule has 0 unspecified atom stereocenters. The van der Waals surface area contributed by atoms with Crippen molar-refractivity contribution in [2.45, 2.75) is 58.5 Å². The molecule has 2 bridgehead atoms. The van der Waals surface area contributed by atoms with Gasteiger partial charge >= 0.3 is 6.03 Å². The SMILES string of the molecule is CCCCON1C(=O)N2C[C@H]1CC[C@H]2C(=O)NNC(=O)C(C)C. The van der Waals surface area contributed by atoms with E-state index in [2.05, 4.69) is 17.8 Å². The minimum atomic E-state index is -0.564. The van der Waals surface area contributed by atoms with E-state index in [1.165, 1.54) is 9.96 Å². The summed E-state index contributed by atoms with van der Waals surface area (Å²) in [6.45, 7) is 6.53. The van der Waals surface area contributed by atoms with Crippen molar-refractivity contribution >= 4 is 17.8 Å². The molecule has 0 aliphatic carbocycles. The molecule has 0 radical (unpaired) electrons. The predicted molar refractivity (Wildman–Crippen MR) is 82.7 cm³/mol. The molecule has 2 fully saturated rings. The van der Waals surface area contributed by atoms with Crippen molar-refractivity contribution < 1.29 is 19.2 Å². The lowest BCUT2D eigenvalue weighted by Crippen LogP contribution is -2.54. The van der Waals surface area contributed by atoms with Gasteiger partial charge in [0, 0.05) is 12.5 Å². The van der Waals surface area contributed by atoms with Gasteiger partial charge in [-0.05, 0) is 19.3 Å². The van der Waals surface area contributed by atoms with Gasteiger partial charge in [-0.3, -0.25) is 25.3 Å². The summed E-state index contributed by atoms with van der Waals surface area (Å²) in [5.74, 6) is -0.840. The number of urea groups is 1. The number of nitrogens with one attached hydrogen (secondary N) is 2. The number of carbonyl (C=O) groups is 3. The maximum absolute atomic E-state index is 12.4. The molecule has 8 nitrogen and oxygen atoms in total. The van der Waals surface area contributed by atoms with Crippen LogP contribution in [0.25, 0.3) is 0 Å². The topological polar surface area (TPSA) is 91.0 Å². The Labute approximate surface area is 136 Å². The monoisotopic (exact) mass is 326 g/mol. The molecule has 8 heteroatoms. The molecule has 0 aromatic carbocycles. The Hall–Kier alpha value is -1.83. The van der Waals surface area contributed by atoms with E-state index >= 15 is 0 Å². The van der Waals surface area contributed by atoms with Gasteiger partial charge in [-0.1, -0.05) is 27.2 Å². The van der Waals surface area contributed by atoms with Crippen LogP contribution in [-0.4, -0.2) is 53.0 Å². The summed E-state index contributed by atoms with van der Waals surface area (Å²) in [5, 5.41) is 1.41. The number of piperidine rings is 1. The third-order valence-corrected chi connectivity index (χ3v) is 4.19. The normalized spacial score (nSPS) is 23.4. The highest BCUT2D eigenvalue weighted by Gasteiger charge is 2.47. The number of nitrogens with zero attached hydrogens (tertiary/aromatic N) is 2. The zero-order valence-electron chi connectivity index (χ0n) is 14.0. The summed E-state index contributed by atoms with van der Waals surface area (Å²) in [5.41, 5.74) is 4.80. The molecular formula is C15H26N4O4. The lowest BCUT2D eigenvalue weighted by atomic mass is 10.0. The van der Waals surface area contributed by atoms with Crippen LogP contribution in [0.1, 0.15) is 46.5 Å². The minimum absolute atomic E-state index is 0.00802. The highest BCUT2D eigenvalue weighted by Crippen LogP contribution is 2.30. The van der Waals surface area contributed by atoms with Gasteiger partial charge in [0.05, 0.1) is 12.6 Å². The maximum atomic E-state index is 12.4. The zero-order chi connectivity index (χ0) is 17.0. The summed E-state index contributed by atoms with van der Waals surface area (Å²) in [6.07, 6.45) is 3.16. The molecule has 23 heavy (non-hydrogen) atoms. The molecule has 2 rings (SSSR count). The van der Waals surface area contributed by atoms with Crippen LogP contribution in [-0.2, 0) is 14.4 Å². The van der Waals surface area contributed by atoms with E-state index in [1.54, 1.807) is 13.8 Å². The summed E-state index contributed by atoms with van der Waals surface area (Å²) < 4.78 is 0. The van der Waals surface area contributed by atoms with E-state index in [4.69, 9.17) is 4.84 Å². The van der Waals surface area contributed by atoms with Gasteiger partial charge in [0.25, 0.3) is 5.91 Å². The van der Waals surface area contributed by atoms with Gasteiger partial charge in [0.15, 0.2) is 0 Å². The predicted octanol–water partition coefficient (Wildman–Crippen LogP) is 0.790. The Bertz CT molecular complexity index is 468. The van der Waals surface area contributed by atoms with Crippen molar-refractivity contribution in [2.24, 2.45) is 5.92 Å². The fourth-order valence-corrected chi connectivity index (χ4v) is 2.73. The molecule has 2 heterocycles. The number of amides is 4. The van der Waals surface area contributed by atoms with Gasteiger partial charge in [-0.15, -0.1) is 0 Å². The molecule has 2 aliphatic heterocycles. The van der Waals surface area contributed by atoms with Gasteiger partial charge in [-0.25, -0.2) is 4.79 Å². The Morgan fingerprint density at radius 3 is 2.70 bits per heavy atom. The molecule has 0 spiro atoms. The lowest BCUT2D eigenvalue weighted by molar-refractivity contribution is -0.133. The Balaban J connectivity index is 1.90. The zero-order valence-corrected chi connectivity index (χ0v) is 14.0. The smallest absolute Gasteiger partial charge is 0.309 e. The number of unbranched alkanes of at least 4 members (excludes halogenated alkanes) is 1. The fourth-order valence-electron chi connectivity index (χ4n) is 2.73. The highest BCUT2D eigenvalue weighted by molar-refractivity contribution is 5.90. The Kier molecular flexibility index (Phi) is 5.81. The van der Waals surface area contributed by atoms with Crippen LogP contribution in [0.4, 0.5) is 4.79 Å². The number of hydrogen-bond donors (Lipinski definition) is 2. The number of hydrazine groups is 1. The number of hydrogen-bond acceptors (Lipinski definition) is 4. The summed E-state index contributed by atoms with van der Waals surface area (Å²) in [6, 6.07) is -0.821. The number of carbonyl (C=O) groups excluding carboxylic acids is 3. The van der Waals surface area contributed by atoms with E-state index in [0.29, 0.717) is 26.0 Å². The van der Waals surface area contributed by atoms with Crippen LogP contribution in [0.5, 0.6) is 0 Å². The van der Waals surface area contributed by atoms with Gasteiger partial charge in [-0.2, -0.15) is 5.06 Å². The molecule has 0 aromatic heterocycles. The second-order valence-electron chi connectivity index (χ2n) is 6.33. The van der Waals surface area contributed by atoms with Crippen LogP contribution in [0.2, 0.25) is 0 Å². The first-order valence-corrected chi connectivity index (χ1v) is 8.28. The number of rotatable bonds is 6. The largest absolute Gasteiger partial charge is 0.345 e. The minimum Gasteiger partial charge on any atom is -0.309 e. The molecule has 2 N–H and O–H groups in total. The first kappa shape index (κ1) is 17.5. The Morgan fingerprint density at radius 2 is 2.04 bits per heavy atom. The van der Waals surface area contributed by atoms with Crippen LogP contribution in [0.3, 0.4) is 0 Å². The summed E-state index contributed by atoms with van der Waals surface area (Å²) in [7, 11) is 0. The number of fused-ring (bicyclic) bond motifs is 2. The Morgan fingerprint density at radius 1 is 1.30 bits per heavy atom. The van der Waals surface area contributed by atoms with Crippen LogP contribution >= 0.6 is 0 Å². The van der Waals surface area contributed by atoms with Crippen LogP contribution in [0, 0.1) is 5.92 Å². The van der Waals surface area contributed by atoms with Gasteiger partial charge < -0.3 is 4.90 Å². The van der Waals surface area contributed by atoms with E-state index in [0.717, 1.165) is 12.8 Å². The third kappa shape index (κ3) is 3.93. The quantitative estimate of drug-likeness (QED) is 0.558. The van der Waals surface area contributed by atoms with Gasteiger partial charge in [0.2, 0.25) is 5.91 Å². The van der Waals surface area contributed by atoms with E-state index in [9.17, 15) is 14.4 Å². The molecular weight excluding hydrogens is 300 g/mol. The lowest BCUT2D eigenvalue weighted by Gasteiger charge is -2.29. The summed E-state index contributed by atoms with van der Waals surface area (Å²) >= 11 is 0. The van der Waals surface area contributed by atoms with Crippen LogP contribution in [0.15, 0.2) is 0 Å². The molecule has 130 valence electrons. The van der Waals surface area contributed by atoms with Crippen molar-refractivity contribution in [1.29, 1.82) is 0 Å². The van der Waals surface area contributed by atoms with E-state index < -0.39 is 6.04 Å². The number of hydroxylamine groups is 2. The first-order chi connectivity index (χ1) is 11.0. The second kappa shape index (κ2) is 7.63. The van der Waals surface area contributed by atoms with Crippen molar-refractivity contribution in [3.8, 4) is 0 Å². The van der Waals surface area contributed by atoms with E-state index in [-0.39, 0.29) is 29.8 Å². The summed E-state index contributed by atoms with van der Waals surface area (Å²) in [4.78, 5) is 43.3. The van der Waals surface area contributed by atoms with Gasteiger partial charge in [0.1, 0.15) is 6.04 Å². The fraction of sp³-hybridized carbons (Fsp3) is 0.800. The van der Waals surface area contributed by atoms with Crippen molar-refractivity contribution in [3.63, 3.8) is 0 Å². The molecule has 4 amide bonds. The maximum Gasteiger partial charge on any atom is 0.345 e. The molecule has 2 atom stereocenters. The molecule has 2 aliphatic rings. The van der Waals surface area contributed by atoms with Crippen LogP contribution < -0.4 is 10.9 Å². The van der Waals surface area contributed by atoms with Crippen molar-refractivity contribution in [3.05, 3.63) is 0 Å². The standard InChI is InChI=1S/C15H26N4O4/c1-4-5-8-23-19-11-6-7-12(18(9-11)15(19)22)14(21)17-16-13(20)10(2)3/h10-12H,4-9H2,1-3H3,(H,16,20)(H,17,21)/t11-,12+/m1/s1. The van der Waals surface area contributed by atoms with E-state index in [1.807, 2.05) is 0 Å². The molecule has 0 aromatic rings. The third-order valence-electron chi connectivity index (χ3n) is 4.19. The van der Waals surface area contributed by atoms with Crippen molar-refractivity contribution in [2.75, 3.05) is 13.2 Å². The highest BCUT2D eigenvalue weighted by atomic mass is 16.7. The second-order valence-corrected chi connectivity index (χ2v) is 6.33. The molecule has 0 saturated carbocycles.